The van der Waals surface area contributed by atoms with Crippen molar-refractivity contribution < 1.29 is 24.8 Å². The van der Waals surface area contributed by atoms with E-state index in [9.17, 15) is 15.3 Å². The fourth-order valence-corrected chi connectivity index (χ4v) is 4.86. The minimum atomic E-state index is -1.09. The minimum absolute atomic E-state index is 0.209. The van der Waals surface area contributed by atoms with Crippen molar-refractivity contribution in [1.29, 1.82) is 0 Å². The predicted molar refractivity (Wildman–Crippen MR) is 107 cm³/mol. The number of hydrogen-bond acceptors (Lipinski definition) is 10. The Morgan fingerprint density at radius 2 is 2.14 bits per heavy atom. The van der Waals surface area contributed by atoms with Crippen LogP contribution in [0.2, 0.25) is 0 Å². The molecule has 0 bridgehead atoms. The molecule has 1 saturated heterocycles. The molecule has 28 heavy (non-hydrogen) atoms. The lowest BCUT2D eigenvalue weighted by Gasteiger charge is -2.25. The number of aliphatic hydroxyl groups excluding tert-OH is 3. The summed E-state index contributed by atoms with van der Waals surface area (Å²) in [4.78, 5) is 4.38. The van der Waals surface area contributed by atoms with Gasteiger partial charge in [-0.1, -0.05) is 6.07 Å². The van der Waals surface area contributed by atoms with Crippen molar-refractivity contribution in [2.24, 2.45) is 5.73 Å². The number of ether oxygens (including phenoxy) is 2. The number of fused-ring (bicyclic) bond motifs is 2. The molecule has 2 aliphatic rings. The molecule has 9 nitrogen and oxygen atoms in total. The first-order valence-corrected chi connectivity index (χ1v) is 10.0. The average Bonchev–Trinajstić information content (AvgIpc) is 2.98. The van der Waals surface area contributed by atoms with Crippen LogP contribution in [0.3, 0.4) is 0 Å². The molecule has 2 aliphatic heterocycles. The van der Waals surface area contributed by atoms with Crippen molar-refractivity contribution in [2.75, 3.05) is 25.1 Å². The highest BCUT2D eigenvalue weighted by Crippen LogP contribution is 2.47. The highest BCUT2D eigenvalue weighted by molar-refractivity contribution is 8.00. The summed E-state index contributed by atoms with van der Waals surface area (Å²) in [6.45, 7) is 0.504. The first kappa shape index (κ1) is 19.4. The molecule has 0 aliphatic carbocycles. The summed E-state index contributed by atoms with van der Waals surface area (Å²) in [5, 5.41) is 31.9. The molecule has 4 atom stereocenters. The number of aliphatic hydroxyl groups is 3. The molecule has 0 saturated carbocycles. The number of thioether (sulfide) groups is 1. The zero-order valence-corrected chi connectivity index (χ0v) is 16.3. The summed E-state index contributed by atoms with van der Waals surface area (Å²) in [6, 6.07) is 5.39. The van der Waals surface area contributed by atoms with Gasteiger partial charge in [0.05, 0.1) is 24.2 Å². The van der Waals surface area contributed by atoms with Crippen molar-refractivity contribution in [3.8, 4) is 17.2 Å². The largest absolute Gasteiger partial charge is 0.490 e. The van der Waals surface area contributed by atoms with E-state index in [2.05, 4.69) is 10.3 Å². The zero-order valence-electron chi connectivity index (χ0n) is 14.7. The first-order chi connectivity index (χ1) is 13.5. The van der Waals surface area contributed by atoms with Crippen LogP contribution in [0.15, 0.2) is 24.4 Å². The maximum absolute atomic E-state index is 10.4. The molecule has 1 fully saturated rings. The second kappa shape index (κ2) is 7.85. The van der Waals surface area contributed by atoms with E-state index in [0.29, 0.717) is 41.9 Å². The number of aromatic nitrogens is 2. The first-order valence-electron chi connectivity index (χ1n) is 8.70. The van der Waals surface area contributed by atoms with E-state index in [1.165, 1.54) is 11.8 Å². The van der Waals surface area contributed by atoms with Gasteiger partial charge in [0.15, 0.2) is 17.3 Å². The Bertz CT molecular complexity index is 940. The molecule has 1 aromatic carbocycles. The van der Waals surface area contributed by atoms with Crippen molar-refractivity contribution >= 4 is 35.5 Å². The molecule has 2 aromatic rings. The fourth-order valence-electron chi connectivity index (χ4n) is 3.15. The van der Waals surface area contributed by atoms with E-state index < -0.39 is 22.8 Å². The van der Waals surface area contributed by atoms with Crippen molar-refractivity contribution in [1.82, 2.24) is 9.55 Å². The maximum atomic E-state index is 10.4. The molecule has 0 spiro atoms. The molecule has 6 N–H and O–H groups in total. The lowest BCUT2D eigenvalue weighted by molar-refractivity contribution is 0.0103. The summed E-state index contributed by atoms with van der Waals surface area (Å²) >= 11 is 6.62. The summed E-state index contributed by atoms with van der Waals surface area (Å²) in [7, 11) is 0. The fraction of sp³-hybridized carbons (Fsp3) is 0.412. The number of nitrogens with zero attached hydrogens (tertiary/aromatic N) is 2. The molecular formula is C17H20N4O5S2. The van der Waals surface area contributed by atoms with Crippen molar-refractivity contribution in [3.05, 3.63) is 29.2 Å². The third kappa shape index (κ3) is 3.34. The van der Waals surface area contributed by atoms with E-state index in [4.69, 9.17) is 27.4 Å². The number of hydrogen-bond donors (Lipinski definition) is 5. The Morgan fingerprint density at radius 3 is 2.86 bits per heavy atom. The van der Waals surface area contributed by atoms with Gasteiger partial charge in [-0.25, -0.2) is 0 Å². The van der Waals surface area contributed by atoms with Gasteiger partial charge in [0.25, 0.3) is 0 Å². The second-order valence-corrected chi connectivity index (χ2v) is 8.09. The van der Waals surface area contributed by atoms with Gasteiger partial charge in [-0.15, -0.1) is 11.8 Å². The van der Waals surface area contributed by atoms with Gasteiger partial charge >= 0.3 is 0 Å². The molecule has 1 aromatic heterocycles. The topological polar surface area (TPSA) is 135 Å². The number of rotatable bonds is 5. The number of nitrogens with one attached hydrogen (secondary N) is 1. The van der Waals surface area contributed by atoms with Gasteiger partial charge < -0.3 is 40.4 Å². The smallest absolute Gasteiger partial charge is 0.202 e. The van der Waals surface area contributed by atoms with Crippen LogP contribution in [0.1, 0.15) is 5.37 Å². The standard InChI is InChI=1S/C17H20N4O5S2/c18-4-5-25-8-2-1-3-9-12(8)19-15-10(26-9)6-21(17(27)20-15)16-14(24)13(23)11(7-22)28-16/h1-3,6,11,13-14,16,22-24H,4-5,7,18H2,(H,19,20,27)/t11-,13?,14?,16-/m1/s1. The molecule has 150 valence electrons. The summed E-state index contributed by atoms with van der Waals surface area (Å²) in [5.74, 6) is 2.00. The SMILES string of the molecule is NCCOc1cccc2c1Nc1nc(=S)n([C@@H]3S[C@H](CO)C(O)C3O)cc1O2. The number of anilines is 2. The Kier molecular flexibility index (Phi) is 5.45. The van der Waals surface area contributed by atoms with Crippen LogP contribution in [-0.2, 0) is 0 Å². The third-order valence-electron chi connectivity index (χ3n) is 4.54. The Balaban J connectivity index is 1.67. The second-order valence-electron chi connectivity index (χ2n) is 6.37. The summed E-state index contributed by atoms with van der Waals surface area (Å²) in [6.07, 6.45) is -0.504. The minimum Gasteiger partial charge on any atom is -0.490 e. The van der Waals surface area contributed by atoms with E-state index >= 15 is 0 Å². The molecule has 0 radical (unpaired) electrons. The summed E-state index contributed by atoms with van der Waals surface area (Å²) < 4.78 is 13.4. The lowest BCUT2D eigenvalue weighted by atomic mass is 10.1. The van der Waals surface area contributed by atoms with Crippen molar-refractivity contribution in [2.45, 2.75) is 22.8 Å². The molecule has 0 amide bonds. The third-order valence-corrected chi connectivity index (χ3v) is 6.40. The van der Waals surface area contributed by atoms with Gasteiger partial charge in [0.1, 0.15) is 29.5 Å². The van der Waals surface area contributed by atoms with E-state index in [0.717, 1.165) is 0 Å². The van der Waals surface area contributed by atoms with Gasteiger partial charge in [-0.3, -0.25) is 0 Å². The van der Waals surface area contributed by atoms with E-state index in [-0.39, 0.29) is 11.4 Å². The highest BCUT2D eigenvalue weighted by atomic mass is 32.2. The van der Waals surface area contributed by atoms with Crippen LogP contribution < -0.4 is 20.5 Å². The van der Waals surface area contributed by atoms with Crippen LogP contribution in [0.4, 0.5) is 11.5 Å². The Morgan fingerprint density at radius 1 is 1.32 bits per heavy atom. The molecule has 11 heteroatoms. The summed E-state index contributed by atoms with van der Waals surface area (Å²) in [5.41, 5.74) is 6.14. The number of benzene rings is 1. The molecular weight excluding hydrogens is 404 g/mol. The van der Waals surface area contributed by atoms with E-state index in [1.807, 2.05) is 0 Å². The van der Waals surface area contributed by atoms with Crippen LogP contribution in [0, 0.1) is 4.77 Å². The van der Waals surface area contributed by atoms with Crippen LogP contribution in [0.25, 0.3) is 0 Å². The number of para-hydroxylation sites is 1. The van der Waals surface area contributed by atoms with Gasteiger partial charge in [-0.05, 0) is 24.4 Å². The Labute approximate surface area is 170 Å². The normalized spacial score (nSPS) is 25.4. The lowest BCUT2D eigenvalue weighted by Crippen LogP contribution is -2.33. The van der Waals surface area contributed by atoms with Crippen LogP contribution in [0.5, 0.6) is 17.2 Å². The van der Waals surface area contributed by atoms with Crippen LogP contribution >= 0.6 is 24.0 Å². The Hall–Kier alpha value is -1.89. The van der Waals surface area contributed by atoms with E-state index in [1.54, 1.807) is 29.0 Å². The number of nitrogens with two attached hydrogens (primary N) is 1. The quantitative estimate of drug-likeness (QED) is 0.379. The average molecular weight is 425 g/mol. The highest BCUT2D eigenvalue weighted by Gasteiger charge is 2.43. The molecule has 2 unspecified atom stereocenters. The zero-order chi connectivity index (χ0) is 19.8. The maximum Gasteiger partial charge on any atom is 0.202 e. The molecule has 3 heterocycles. The van der Waals surface area contributed by atoms with Crippen molar-refractivity contribution in [3.63, 3.8) is 0 Å². The predicted octanol–water partition coefficient (Wildman–Crippen LogP) is 1.13. The van der Waals surface area contributed by atoms with Gasteiger partial charge in [-0.2, -0.15) is 4.98 Å². The van der Waals surface area contributed by atoms with Gasteiger partial charge in [0, 0.05) is 6.54 Å². The monoisotopic (exact) mass is 424 g/mol. The van der Waals surface area contributed by atoms with Gasteiger partial charge in [0.2, 0.25) is 4.77 Å². The molecule has 4 rings (SSSR count). The van der Waals surface area contributed by atoms with Crippen LogP contribution in [-0.4, -0.2) is 62.1 Å².